The summed E-state index contributed by atoms with van der Waals surface area (Å²) in [5, 5.41) is 0. The Morgan fingerprint density at radius 3 is 2.54 bits per heavy atom. The summed E-state index contributed by atoms with van der Waals surface area (Å²) in [5.41, 5.74) is 2.05. The summed E-state index contributed by atoms with van der Waals surface area (Å²) in [6, 6.07) is 7.75. The molecule has 0 saturated carbocycles. The molecule has 0 bridgehead atoms. The van der Waals surface area contributed by atoms with Crippen molar-refractivity contribution in [3.63, 3.8) is 0 Å². The van der Waals surface area contributed by atoms with E-state index < -0.39 is 0 Å². The van der Waals surface area contributed by atoms with Gasteiger partial charge in [-0.1, -0.05) is 0 Å². The van der Waals surface area contributed by atoms with Gasteiger partial charge in [0.2, 0.25) is 12.5 Å². The van der Waals surface area contributed by atoms with Gasteiger partial charge in [-0.3, -0.25) is 0 Å². The minimum Gasteiger partial charge on any atom is -0.493 e. The van der Waals surface area contributed by atoms with Gasteiger partial charge in [0.25, 0.3) is 0 Å². The van der Waals surface area contributed by atoms with Crippen molar-refractivity contribution >= 4 is 0 Å². The second kappa shape index (κ2) is 4.87. The molecular weight excluding hydrogens is 312 g/mol. The van der Waals surface area contributed by atoms with E-state index in [4.69, 9.17) is 28.4 Å². The Hall–Kier alpha value is -2.76. The number of rotatable bonds is 2. The van der Waals surface area contributed by atoms with Crippen LogP contribution in [0.5, 0.6) is 34.5 Å². The first-order valence-electron chi connectivity index (χ1n) is 7.78. The number of fused-ring (bicyclic) bond motifs is 6. The molecule has 3 aliphatic heterocycles. The highest BCUT2D eigenvalue weighted by Gasteiger charge is 2.43. The van der Waals surface area contributed by atoms with Crippen LogP contribution >= 0.6 is 0 Å². The molecule has 3 aliphatic rings. The predicted octanol–water partition coefficient (Wildman–Crippen LogP) is 3.04. The molecule has 6 nitrogen and oxygen atoms in total. The first kappa shape index (κ1) is 13.7. The maximum absolute atomic E-state index is 6.22. The zero-order chi connectivity index (χ0) is 16.3. The van der Waals surface area contributed by atoms with E-state index in [0.717, 1.165) is 28.4 Å². The van der Waals surface area contributed by atoms with Crippen LogP contribution in [0.1, 0.15) is 23.1 Å². The number of hydrogen-bond donors (Lipinski definition) is 0. The molecule has 24 heavy (non-hydrogen) atoms. The minimum atomic E-state index is -0.119. The molecule has 0 spiro atoms. The topological polar surface area (TPSA) is 55.4 Å². The fourth-order valence-corrected chi connectivity index (χ4v) is 3.63. The van der Waals surface area contributed by atoms with Crippen LogP contribution in [0.3, 0.4) is 0 Å². The molecule has 0 radical (unpaired) electrons. The smallest absolute Gasteiger partial charge is 0.231 e. The third kappa shape index (κ3) is 1.71. The molecule has 5 rings (SSSR count). The first-order valence-corrected chi connectivity index (χ1v) is 7.78. The van der Waals surface area contributed by atoms with Crippen molar-refractivity contribution in [3.8, 4) is 34.5 Å². The van der Waals surface area contributed by atoms with Gasteiger partial charge >= 0.3 is 0 Å². The molecule has 2 atom stereocenters. The lowest BCUT2D eigenvalue weighted by molar-refractivity contribution is 0.134. The quantitative estimate of drug-likeness (QED) is 0.844. The molecule has 2 aromatic carbocycles. The summed E-state index contributed by atoms with van der Waals surface area (Å²) in [6.45, 7) is 0.760. The zero-order valence-corrected chi connectivity index (χ0v) is 13.3. The van der Waals surface area contributed by atoms with E-state index in [0.29, 0.717) is 23.9 Å². The van der Waals surface area contributed by atoms with Gasteiger partial charge in [-0.2, -0.15) is 0 Å². The van der Waals surface area contributed by atoms with Gasteiger partial charge in [0.1, 0.15) is 11.9 Å². The number of methoxy groups -OCH3 is 2. The van der Waals surface area contributed by atoms with Crippen LogP contribution in [0, 0.1) is 0 Å². The van der Waals surface area contributed by atoms with Gasteiger partial charge in [-0.05, 0) is 18.2 Å². The predicted molar refractivity (Wildman–Crippen MR) is 83.7 cm³/mol. The summed E-state index contributed by atoms with van der Waals surface area (Å²) in [7, 11) is 3.22. The lowest BCUT2D eigenvalue weighted by atomic mass is 9.89. The van der Waals surface area contributed by atoms with Crippen molar-refractivity contribution < 1.29 is 28.4 Å². The normalized spacial score (nSPS) is 21.9. The molecular formula is C18H16O6. The van der Waals surface area contributed by atoms with Crippen LogP contribution in [-0.2, 0) is 0 Å². The lowest BCUT2D eigenvalue weighted by Crippen LogP contribution is -2.23. The van der Waals surface area contributed by atoms with Gasteiger partial charge in [-0.15, -0.1) is 0 Å². The third-order valence-corrected chi connectivity index (χ3v) is 4.77. The Balaban J connectivity index is 1.60. The average molecular weight is 328 g/mol. The maximum atomic E-state index is 6.22. The average Bonchev–Trinajstić information content (AvgIpc) is 3.21. The standard InChI is InChI=1S/C18H16O6/c1-19-12-4-3-9-16-11(7-21-17(9)18(12)20-2)10-5-14-15(23-8-22-14)6-13(10)24-16/h3-6,11,16H,7-8H2,1-2H3/t11-,16-/m1/s1. The molecule has 124 valence electrons. The Morgan fingerprint density at radius 2 is 1.75 bits per heavy atom. The summed E-state index contributed by atoms with van der Waals surface area (Å²) in [6.07, 6.45) is -0.119. The maximum Gasteiger partial charge on any atom is 0.231 e. The van der Waals surface area contributed by atoms with Crippen LogP contribution in [0.4, 0.5) is 0 Å². The SMILES string of the molecule is COc1ccc2c(c1OC)OC[C@@H]1c3cc4c(cc3O[C@H]21)OCO4. The number of ether oxygens (including phenoxy) is 6. The largest absolute Gasteiger partial charge is 0.493 e. The highest BCUT2D eigenvalue weighted by atomic mass is 16.7. The van der Waals surface area contributed by atoms with Gasteiger partial charge in [0.15, 0.2) is 23.0 Å². The Bertz CT molecular complexity index is 831. The second-order valence-corrected chi connectivity index (χ2v) is 5.92. The lowest BCUT2D eigenvalue weighted by Gasteiger charge is -2.29. The molecule has 0 N–H and O–H groups in total. The van der Waals surface area contributed by atoms with Crippen molar-refractivity contribution in [2.75, 3.05) is 27.6 Å². The Labute approximate surface area is 138 Å². The fourth-order valence-electron chi connectivity index (χ4n) is 3.63. The molecule has 0 fully saturated rings. The molecule has 3 heterocycles. The van der Waals surface area contributed by atoms with Crippen molar-refractivity contribution in [2.24, 2.45) is 0 Å². The zero-order valence-electron chi connectivity index (χ0n) is 13.3. The molecule has 0 unspecified atom stereocenters. The van der Waals surface area contributed by atoms with Gasteiger partial charge < -0.3 is 28.4 Å². The summed E-state index contributed by atoms with van der Waals surface area (Å²) in [4.78, 5) is 0. The van der Waals surface area contributed by atoms with Crippen LogP contribution in [0.2, 0.25) is 0 Å². The molecule has 2 aromatic rings. The third-order valence-electron chi connectivity index (χ3n) is 4.77. The van der Waals surface area contributed by atoms with Gasteiger partial charge in [-0.25, -0.2) is 0 Å². The minimum absolute atomic E-state index is 0.111. The van der Waals surface area contributed by atoms with E-state index in [1.807, 2.05) is 24.3 Å². The first-order chi connectivity index (χ1) is 11.8. The van der Waals surface area contributed by atoms with E-state index in [2.05, 4.69) is 0 Å². The van der Waals surface area contributed by atoms with Crippen LogP contribution < -0.4 is 28.4 Å². The summed E-state index contributed by atoms with van der Waals surface area (Å²) >= 11 is 0. The summed E-state index contributed by atoms with van der Waals surface area (Å²) in [5.74, 6) is 4.34. The second-order valence-electron chi connectivity index (χ2n) is 5.92. The van der Waals surface area contributed by atoms with E-state index in [1.54, 1.807) is 14.2 Å². The van der Waals surface area contributed by atoms with Crippen molar-refractivity contribution in [3.05, 3.63) is 35.4 Å². The molecule has 0 saturated heterocycles. The highest BCUT2D eigenvalue weighted by molar-refractivity contribution is 5.61. The molecule has 6 heteroatoms. The van der Waals surface area contributed by atoms with Gasteiger partial charge in [0.05, 0.1) is 26.7 Å². The monoisotopic (exact) mass is 328 g/mol. The summed E-state index contributed by atoms with van der Waals surface area (Å²) < 4.78 is 34.0. The Morgan fingerprint density at radius 1 is 0.917 bits per heavy atom. The van der Waals surface area contributed by atoms with Crippen LogP contribution in [0.15, 0.2) is 24.3 Å². The molecule has 0 aliphatic carbocycles. The molecule has 0 amide bonds. The van der Waals surface area contributed by atoms with Crippen LogP contribution in [0.25, 0.3) is 0 Å². The van der Waals surface area contributed by atoms with E-state index in [-0.39, 0.29) is 18.8 Å². The highest BCUT2D eigenvalue weighted by Crippen LogP contribution is 2.56. The fraction of sp³-hybridized carbons (Fsp3) is 0.333. The van der Waals surface area contributed by atoms with E-state index in [9.17, 15) is 0 Å². The molecule has 0 aromatic heterocycles. The van der Waals surface area contributed by atoms with Crippen LogP contribution in [-0.4, -0.2) is 27.6 Å². The van der Waals surface area contributed by atoms with E-state index in [1.165, 1.54) is 0 Å². The number of hydrogen-bond acceptors (Lipinski definition) is 6. The van der Waals surface area contributed by atoms with Gasteiger partial charge in [0, 0.05) is 17.2 Å². The van der Waals surface area contributed by atoms with Crippen molar-refractivity contribution in [1.29, 1.82) is 0 Å². The number of benzene rings is 2. The van der Waals surface area contributed by atoms with E-state index >= 15 is 0 Å². The van der Waals surface area contributed by atoms with Crippen molar-refractivity contribution in [2.45, 2.75) is 12.0 Å². The van der Waals surface area contributed by atoms with Crippen molar-refractivity contribution in [1.82, 2.24) is 0 Å². The Kier molecular flexibility index (Phi) is 2.77.